The van der Waals surface area contributed by atoms with E-state index in [-0.39, 0.29) is 29.7 Å². The number of ether oxygens (including phenoxy) is 3. The van der Waals surface area contributed by atoms with E-state index in [4.69, 9.17) is 14.2 Å². The number of guanidine groups is 1. The Balaban J connectivity index is 0.00000363. The van der Waals surface area contributed by atoms with Gasteiger partial charge in [-0.25, -0.2) is 8.78 Å². The number of rotatable bonds is 6. The van der Waals surface area contributed by atoms with E-state index in [9.17, 15) is 8.78 Å². The summed E-state index contributed by atoms with van der Waals surface area (Å²) < 4.78 is 43.9. The third-order valence-corrected chi connectivity index (χ3v) is 5.26. The Bertz CT molecular complexity index is 938. The summed E-state index contributed by atoms with van der Waals surface area (Å²) in [5.74, 6) is 1.57. The van der Waals surface area contributed by atoms with Crippen LogP contribution in [0.5, 0.6) is 17.2 Å². The monoisotopic (exact) mass is 562 g/mol. The van der Waals surface area contributed by atoms with Crippen molar-refractivity contribution in [1.82, 2.24) is 10.2 Å². The lowest BCUT2D eigenvalue weighted by Crippen LogP contribution is -2.52. The zero-order valence-corrected chi connectivity index (χ0v) is 21.0. The highest BCUT2D eigenvalue weighted by atomic mass is 127. The summed E-state index contributed by atoms with van der Waals surface area (Å²) >= 11 is 0. The molecule has 1 aliphatic heterocycles. The van der Waals surface area contributed by atoms with Crippen LogP contribution in [-0.4, -0.2) is 65.4 Å². The maximum absolute atomic E-state index is 14.1. The van der Waals surface area contributed by atoms with E-state index < -0.39 is 11.6 Å². The minimum Gasteiger partial charge on any atom is -0.493 e. The minimum atomic E-state index is -0.444. The van der Waals surface area contributed by atoms with Gasteiger partial charge >= 0.3 is 0 Å². The van der Waals surface area contributed by atoms with Crippen molar-refractivity contribution in [2.45, 2.75) is 6.54 Å². The molecule has 10 heteroatoms. The van der Waals surface area contributed by atoms with Crippen LogP contribution >= 0.6 is 24.0 Å². The Morgan fingerprint density at radius 3 is 2.25 bits per heavy atom. The molecule has 0 bridgehead atoms. The van der Waals surface area contributed by atoms with Crippen LogP contribution in [0.3, 0.4) is 0 Å². The molecule has 0 atom stereocenters. The van der Waals surface area contributed by atoms with E-state index >= 15 is 0 Å². The van der Waals surface area contributed by atoms with Gasteiger partial charge in [-0.15, -0.1) is 24.0 Å². The van der Waals surface area contributed by atoms with Crippen LogP contribution < -0.4 is 24.4 Å². The van der Waals surface area contributed by atoms with Crippen molar-refractivity contribution in [1.29, 1.82) is 0 Å². The summed E-state index contributed by atoms with van der Waals surface area (Å²) in [6, 6.07) is 7.26. The molecule has 0 amide bonds. The highest BCUT2D eigenvalue weighted by Crippen LogP contribution is 2.39. The second-order valence-electron chi connectivity index (χ2n) is 6.96. The van der Waals surface area contributed by atoms with Gasteiger partial charge in [-0.05, 0) is 24.3 Å². The third kappa shape index (κ3) is 5.64. The minimum absolute atomic E-state index is 0. The van der Waals surface area contributed by atoms with Crippen LogP contribution in [0.15, 0.2) is 35.3 Å². The SMILES string of the molecule is CN=C(NCc1ccc(OC)c(OC)c1OC)N1CCN(c2cc(F)ccc2F)CC1.I. The zero-order valence-electron chi connectivity index (χ0n) is 18.7. The number of nitrogens with zero attached hydrogens (tertiary/aromatic N) is 3. The maximum Gasteiger partial charge on any atom is 0.203 e. The second kappa shape index (κ2) is 11.9. The molecule has 1 heterocycles. The number of methoxy groups -OCH3 is 3. The molecule has 1 N–H and O–H groups in total. The van der Waals surface area contributed by atoms with Crippen molar-refractivity contribution in [2.24, 2.45) is 4.99 Å². The number of hydrogen-bond donors (Lipinski definition) is 1. The molecule has 0 saturated carbocycles. The molecule has 2 aromatic carbocycles. The molecule has 0 unspecified atom stereocenters. The fourth-order valence-corrected chi connectivity index (χ4v) is 3.70. The smallest absolute Gasteiger partial charge is 0.203 e. The molecule has 0 radical (unpaired) electrons. The van der Waals surface area contributed by atoms with Crippen molar-refractivity contribution in [3.63, 3.8) is 0 Å². The Morgan fingerprint density at radius 1 is 0.969 bits per heavy atom. The first-order valence-corrected chi connectivity index (χ1v) is 9.95. The second-order valence-corrected chi connectivity index (χ2v) is 6.96. The molecule has 176 valence electrons. The van der Waals surface area contributed by atoms with Gasteiger partial charge in [0.05, 0.1) is 27.0 Å². The average molecular weight is 562 g/mol. The molecule has 0 aliphatic carbocycles. The molecule has 7 nitrogen and oxygen atoms in total. The topological polar surface area (TPSA) is 58.6 Å². The van der Waals surface area contributed by atoms with E-state index in [1.54, 1.807) is 28.4 Å². The molecule has 0 aromatic heterocycles. The lowest BCUT2D eigenvalue weighted by molar-refractivity contribution is 0.321. The molecular weight excluding hydrogens is 533 g/mol. The fraction of sp³-hybridized carbons (Fsp3) is 0.409. The van der Waals surface area contributed by atoms with E-state index in [1.807, 2.05) is 17.0 Å². The molecular formula is C22H29F2IN4O3. The Kier molecular flexibility index (Phi) is 9.60. The van der Waals surface area contributed by atoms with E-state index in [0.717, 1.165) is 23.7 Å². The molecule has 1 aliphatic rings. The van der Waals surface area contributed by atoms with Crippen molar-refractivity contribution in [3.8, 4) is 17.2 Å². The van der Waals surface area contributed by atoms with Crippen LogP contribution in [0.4, 0.5) is 14.5 Å². The summed E-state index contributed by atoms with van der Waals surface area (Å²) in [5.41, 5.74) is 1.18. The van der Waals surface area contributed by atoms with Gasteiger partial charge in [0, 0.05) is 51.4 Å². The lowest BCUT2D eigenvalue weighted by atomic mass is 10.1. The van der Waals surface area contributed by atoms with Gasteiger partial charge in [0.25, 0.3) is 0 Å². The Morgan fingerprint density at radius 2 is 1.66 bits per heavy atom. The lowest BCUT2D eigenvalue weighted by Gasteiger charge is -2.37. The highest BCUT2D eigenvalue weighted by Gasteiger charge is 2.23. The van der Waals surface area contributed by atoms with Gasteiger partial charge in [0.2, 0.25) is 5.75 Å². The molecule has 0 spiro atoms. The van der Waals surface area contributed by atoms with Gasteiger partial charge in [0.1, 0.15) is 11.6 Å². The predicted octanol–water partition coefficient (Wildman–Crippen LogP) is 3.51. The molecule has 1 saturated heterocycles. The largest absolute Gasteiger partial charge is 0.493 e. The summed E-state index contributed by atoms with van der Waals surface area (Å²) in [7, 11) is 6.44. The quantitative estimate of drug-likeness (QED) is 0.331. The van der Waals surface area contributed by atoms with Crippen molar-refractivity contribution < 1.29 is 23.0 Å². The van der Waals surface area contributed by atoms with Crippen LogP contribution in [0.2, 0.25) is 0 Å². The number of benzene rings is 2. The predicted molar refractivity (Wildman–Crippen MR) is 132 cm³/mol. The van der Waals surface area contributed by atoms with E-state index in [2.05, 4.69) is 15.2 Å². The first-order valence-electron chi connectivity index (χ1n) is 9.95. The Labute approximate surface area is 204 Å². The van der Waals surface area contributed by atoms with Crippen LogP contribution in [0.25, 0.3) is 0 Å². The van der Waals surface area contributed by atoms with Crippen LogP contribution in [-0.2, 0) is 6.54 Å². The normalized spacial score (nSPS) is 14.0. The van der Waals surface area contributed by atoms with Gasteiger partial charge in [0.15, 0.2) is 17.5 Å². The van der Waals surface area contributed by atoms with Gasteiger partial charge in [-0.1, -0.05) is 0 Å². The van der Waals surface area contributed by atoms with Crippen molar-refractivity contribution in [2.75, 3.05) is 59.5 Å². The van der Waals surface area contributed by atoms with Gasteiger partial charge in [-0.2, -0.15) is 0 Å². The maximum atomic E-state index is 14.1. The molecule has 1 fully saturated rings. The van der Waals surface area contributed by atoms with Crippen LogP contribution in [0, 0.1) is 11.6 Å². The number of piperazine rings is 1. The van der Waals surface area contributed by atoms with Gasteiger partial charge < -0.3 is 29.3 Å². The molecule has 2 aromatic rings. The summed E-state index contributed by atoms with van der Waals surface area (Å²) in [5, 5.41) is 3.34. The molecule has 3 rings (SSSR count). The summed E-state index contributed by atoms with van der Waals surface area (Å²) in [4.78, 5) is 8.30. The number of anilines is 1. The number of nitrogens with one attached hydrogen (secondary N) is 1. The standard InChI is InChI=1S/C22H28F2N4O3.HI/c1-25-22(26-14-15-5-8-19(29-2)21(31-4)20(15)30-3)28-11-9-27(10-12-28)18-13-16(23)6-7-17(18)24;/h5-8,13H,9-12,14H2,1-4H3,(H,25,26);1H. The first-order chi connectivity index (χ1) is 15.0. The first kappa shape index (κ1) is 25.8. The zero-order chi connectivity index (χ0) is 22.4. The number of halogens is 3. The van der Waals surface area contributed by atoms with E-state index in [0.29, 0.717) is 50.0 Å². The van der Waals surface area contributed by atoms with Crippen molar-refractivity contribution >= 4 is 35.6 Å². The Hall–Kier alpha value is -2.50. The number of aliphatic imine (C=N–C) groups is 1. The van der Waals surface area contributed by atoms with E-state index in [1.165, 1.54) is 6.07 Å². The number of hydrogen-bond acceptors (Lipinski definition) is 5. The summed E-state index contributed by atoms with van der Waals surface area (Å²) in [6.45, 7) is 2.83. The fourth-order valence-electron chi connectivity index (χ4n) is 3.70. The van der Waals surface area contributed by atoms with Crippen molar-refractivity contribution in [3.05, 3.63) is 47.5 Å². The highest BCUT2D eigenvalue weighted by molar-refractivity contribution is 14.0. The molecule has 32 heavy (non-hydrogen) atoms. The summed E-state index contributed by atoms with van der Waals surface area (Å²) in [6.07, 6.45) is 0. The average Bonchev–Trinajstić information content (AvgIpc) is 2.80. The van der Waals surface area contributed by atoms with Gasteiger partial charge in [-0.3, -0.25) is 4.99 Å². The van der Waals surface area contributed by atoms with Crippen LogP contribution in [0.1, 0.15) is 5.56 Å². The third-order valence-electron chi connectivity index (χ3n) is 5.26.